The van der Waals surface area contributed by atoms with Crippen LogP contribution in [0.15, 0.2) is 24.8 Å². The summed E-state index contributed by atoms with van der Waals surface area (Å²) in [7, 11) is 2.94. The summed E-state index contributed by atoms with van der Waals surface area (Å²) in [6, 6.07) is 0.183. The van der Waals surface area contributed by atoms with Gasteiger partial charge in [-0.2, -0.15) is 14.8 Å². The van der Waals surface area contributed by atoms with E-state index in [1.165, 1.54) is 37.5 Å². The molecule has 0 bridgehead atoms. The number of pyridine rings is 1. The second kappa shape index (κ2) is 5.06. The first-order valence-corrected chi connectivity index (χ1v) is 6.23. The van der Waals surface area contributed by atoms with Gasteiger partial charge in [0, 0.05) is 6.20 Å². The minimum Gasteiger partial charge on any atom is -0.619 e. The number of rotatable bonds is 3. The van der Waals surface area contributed by atoms with Crippen LogP contribution in [-0.4, -0.2) is 34.0 Å². The van der Waals surface area contributed by atoms with Crippen molar-refractivity contribution in [3.63, 3.8) is 0 Å². The molecule has 0 saturated carbocycles. The highest BCUT2D eigenvalue weighted by Gasteiger charge is 2.15. The fourth-order valence-electron chi connectivity index (χ4n) is 1.89. The monoisotopic (exact) mass is 307 g/mol. The van der Waals surface area contributed by atoms with E-state index in [9.17, 15) is 5.21 Å². The molecule has 0 N–H and O–H groups in total. The van der Waals surface area contributed by atoms with Crippen molar-refractivity contribution in [3.05, 3.63) is 35.0 Å². The average molecular weight is 308 g/mol. The SMILES string of the molecule is COc1ncc(-n2cc3c[n+]([O-])cc(Cl)c3n2)c(OC)n1. The number of aromatic nitrogens is 5. The molecule has 0 aliphatic heterocycles. The maximum Gasteiger partial charge on any atom is 0.319 e. The molecule has 0 aromatic carbocycles. The van der Waals surface area contributed by atoms with Crippen molar-refractivity contribution in [2.24, 2.45) is 0 Å². The first-order chi connectivity index (χ1) is 10.1. The second-order valence-electron chi connectivity index (χ2n) is 4.09. The van der Waals surface area contributed by atoms with Gasteiger partial charge in [0.25, 0.3) is 0 Å². The third-order valence-electron chi connectivity index (χ3n) is 2.81. The predicted molar refractivity (Wildman–Crippen MR) is 73.7 cm³/mol. The molecule has 8 nitrogen and oxygen atoms in total. The van der Waals surface area contributed by atoms with Gasteiger partial charge in [-0.1, -0.05) is 11.6 Å². The third kappa shape index (κ3) is 2.29. The van der Waals surface area contributed by atoms with E-state index in [-0.39, 0.29) is 11.0 Å². The average Bonchev–Trinajstić information content (AvgIpc) is 2.90. The Morgan fingerprint density at radius 1 is 1.29 bits per heavy atom. The normalized spacial score (nSPS) is 10.8. The molecule has 3 rings (SSSR count). The van der Waals surface area contributed by atoms with Gasteiger partial charge in [-0.3, -0.25) is 0 Å². The Morgan fingerprint density at radius 2 is 2.10 bits per heavy atom. The Bertz CT molecular complexity index is 820. The molecule has 0 spiro atoms. The fourth-order valence-corrected chi connectivity index (χ4v) is 2.13. The van der Waals surface area contributed by atoms with Crippen LogP contribution in [0.4, 0.5) is 0 Å². The first-order valence-electron chi connectivity index (χ1n) is 5.85. The summed E-state index contributed by atoms with van der Waals surface area (Å²) in [4.78, 5) is 8.10. The second-order valence-corrected chi connectivity index (χ2v) is 4.50. The zero-order chi connectivity index (χ0) is 15.0. The molecule has 3 heterocycles. The largest absolute Gasteiger partial charge is 0.619 e. The molecule has 0 unspecified atom stereocenters. The van der Waals surface area contributed by atoms with E-state index in [2.05, 4.69) is 15.1 Å². The minimum atomic E-state index is 0.183. The van der Waals surface area contributed by atoms with E-state index in [0.717, 1.165) is 0 Å². The van der Waals surface area contributed by atoms with Crippen molar-refractivity contribution in [1.29, 1.82) is 0 Å². The van der Waals surface area contributed by atoms with Crippen LogP contribution in [0, 0.1) is 5.21 Å². The lowest BCUT2D eigenvalue weighted by molar-refractivity contribution is -0.603. The molecule has 3 aromatic heterocycles. The number of methoxy groups -OCH3 is 2. The zero-order valence-corrected chi connectivity index (χ0v) is 11.9. The van der Waals surface area contributed by atoms with Crippen LogP contribution in [0.2, 0.25) is 5.02 Å². The van der Waals surface area contributed by atoms with Crippen molar-refractivity contribution in [2.75, 3.05) is 14.2 Å². The van der Waals surface area contributed by atoms with Crippen molar-refractivity contribution in [3.8, 4) is 17.6 Å². The molecule has 0 fully saturated rings. The zero-order valence-electron chi connectivity index (χ0n) is 11.1. The Labute approximate surface area is 124 Å². The molecular formula is C12H10ClN5O3. The van der Waals surface area contributed by atoms with Gasteiger partial charge in [0.1, 0.15) is 16.2 Å². The van der Waals surface area contributed by atoms with Gasteiger partial charge in [-0.05, 0) is 0 Å². The van der Waals surface area contributed by atoms with Gasteiger partial charge in [-0.15, -0.1) is 0 Å². The highest BCUT2D eigenvalue weighted by atomic mass is 35.5. The summed E-state index contributed by atoms with van der Waals surface area (Å²) in [6.45, 7) is 0. The molecule has 0 aliphatic carbocycles. The number of hydrogen-bond acceptors (Lipinski definition) is 6. The lowest BCUT2D eigenvalue weighted by Gasteiger charge is -2.07. The van der Waals surface area contributed by atoms with E-state index in [4.69, 9.17) is 21.1 Å². The Balaban J connectivity index is 2.18. The smallest absolute Gasteiger partial charge is 0.319 e. The first kappa shape index (κ1) is 13.4. The van der Waals surface area contributed by atoms with E-state index >= 15 is 0 Å². The maximum absolute atomic E-state index is 11.4. The number of nitrogens with zero attached hydrogens (tertiary/aromatic N) is 5. The molecule has 9 heteroatoms. The Hall–Kier alpha value is -2.61. The molecule has 21 heavy (non-hydrogen) atoms. The van der Waals surface area contributed by atoms with Crippen LogP contribution >= 0.6 is 11.6 Å². The van der Waals surface area contributed by atoms with E-state index in [0.29, 0.717) is 27.2 Å². The molecule has 0 radical (unpaired) electrons. The van der Waals surface area contributed by atoms with Gasteiger partial charge < -0.3 is 14.7 Å². The van der Waals surface area contributed by atoms with Gasteiger partial charge in [0.15, 0.2) is 6.20 Å². The van der Waals surface area contributed by atoms with E-state index < -0.39 is 0 Å². The topological polar surface area (TPSA) is 89.0 Å². The van der Waals surface area contributed by atoms with Gasteiger partial charge in [0.05, 0.1) is 25.8 Å². The molecule has 0 aliphatic rings. The summed E-state index contributed by atoms with van der Waals surface area (Å²) in [6.07, 6.45) is 5.77. The molecule has 0 atom stereocenters. The third-order valence-corrected chi connectivity index (χ3v) is 3.09. The standard InChI is InChI=1S/C12H10ClN5O3/c1-20-11-9(3-14-12(15-11)21-2)18-5-7-4-17(19)6-8(13)10(7)16-18/h3-6H,1-2H3. The Kier molecular flexibility index (Phi) is 3.22. The van der Waals surface area contributed by atoms with Crippen LogP contribution < -0.4 is 14.2 Å². The quantitative estimate of drug-likeness (QED) is 0.532. The summed E-state index contributed by atoms with van der Waals surface area (Å²) >= 11 is 6.01. The van der Waals surface area contributed by atoms with Crippen molar-refractivity contribution < 1.29 is 14.2 Å². The minimum absolute atomic E-state index is 0.183. The lowest BCUT2D eigenvalue weighted by Crippen LogP contribution is -2.23. The summed E-state index contributed by atoms with van der Waals surface area (Å²) in [5, 5.41) is 16.6. The van der Waals surface area contributed by atoms with Gasteiger partial charge in [0.2, 0.25) is 12.1 Å². The van der Waals surface area contributed by atoms with E-state index in [1.54, 1.807) is 6.20 Å². The highest BCUT2D eigenvalue weighted by Crippen LogP contribution is 2.25. The van der Waals surface area contributed by atoms with Crippen LogP contribution in [0.1, 0.15) is 0 Å². The molecular weight excluding hydrogens is 298 g/mol. The van der Waals surface area contributed by atoms with Gasteiger partial charge in [-0.25, -0.2) is 9.67 Å². The van der Waals surface area contributed by atoms with Crippen LogP contribution in [0.25, 0.3) is 16.6 Å². The lowest BCUT2D eigenvalue weighted by atomic mass is 10.3. The molecule has 108 valence electrons. The van der Waals surface area contributed by atoms with Crippen molar-refractivity contribution in [2.45, 2.75) is 0 Å². The number of ether oxygens (including phenoxy) is 2. The highest BCUT2D eigenvalue weighted by molar-refractivity contribution is 6.34. The van der Waals surface area contributed by atoms with Gasteiger partial charge >= 0.3 is 6.01 Å². The van der Waals surface area contributed by atoms with E-state index in [1.807, 2.05) is 0 Å². The van der Waals surface area contributed by atoms with Crippen LogP contribution in [-0.2, 0) is 0 Å². The molecule has 3 aromatic rings. The van der Waals surface area contributed by atoms with Crippen LogP contribution in [0.5, 0.6) is 11.9 Å². The molecule has 0 amide bonds. The maximum atomic E-state index is 11.4. The fraction of sp³-hybridized carbons (Fsp3) is 0.167. The van der Waals surface area contributed by atoms with Crippen LogP contribution in [0.3, 0.4) is 0 Å². The summed E-state index contributed by atoms with van der Waals surface area (Å²) < 4.78 is 12.3. The van der Waals surface area contributed by atoms with Crippen molar-refractivity contribution >= 4 is 22.5 Å². The Morgan fingerprint density at radius 3 is 2.81 bits per heavy atom. The summed E-state index contributed by atoms with van der Waals surface area (Å²) in [5.74, 6) is 0.292. The number of halogens is 1. The molecule has 0 saturated heterocycles. The summed E-state index contributed by atoms with van der Waals surface area (Å²) in [5.41, 5.74) is 1.00. The number of fused-ring (bicyclic) bond motifs is 1. The predicted octanol–water partition coefficient (Wildman–Crippen LogP) is 1.12. The number of hydrogen-bond donors (Lipinski definition) is 0. The van der Waals surface area contributed by atoms with Crippen molar-refractivity contribution in [1.82, 2.24) is 19.7 Å².